The first-order chi connectivity index (χ1) is 6.83. The number of rotatable bonds is 6. The average molecular weight is 195 g/mol. The van der Waals surface area contributed by atoms with Gasteiger partial charge in [-0.2, -0.15) is 0 Å². The minimum atomic E-state index is 0.289. The van der Waals surface area contributed by atoms with E-state index >= 15 is 0 Å². The first-order valence-corrected chi connectivity index (χ1v) is 4.76. The molecule has 0 amide bonds. The van der Waals surface area contributed by atoms with Crippen molar-refractivity contribution in [2.24, 2.45) is 5.73 Å². The van der Waals surface area contributed by atoms with Crippen molar-refractivity contribution in [3.8, 4) is 5.75 Å². The number of benzene rings is 1. The summed E-state index contributed by atoms with van der Waals surface area (Å²) in [4.78, 5) is 0. The maximum atomic E-state index is 9.04. The fraction of sp³-hybridized carbons (Fsp3) is 0.400. The highest BCUT2D eigenvalue weighted by atomic mass is 16.3. The van der Waals surface area contributed by atoms with E-state index in [1.54, 1.807) is 12.1 Å². The van der Waals surface area contributed by atoms with Gasteiger partial charge in [0.05, 0.1) is 0 Å². The molecule has 0 unspecified atom stereocenters. The van der Waals surface area contributed by atoms with Gasteiger partial charge in [-0.3, -0.25) is 0 Å². The van der Waals surface area contributed by atoms with Crippen LogP contribution in [0.25, 0.3) is 0 Å². The van der Waals surface area contributed by atoms with E-state index in [1.165, 1.54) is 0 Å². The van der Waals surface area contributed by atoms with E-state index in [9.17, 15) is 0 Å². The van der Waals surface area contributed by atoms with E-state index in [0.29, 0.717) is 6.54 Å². The molecule has 1 rings (SSSR count). The maximum absolute atomic E-state index is 9.04. The van der Waals surface area contributed by atoms with E-state index in [1.807, 2.05) is 12.1 Å². The number of anilines is 1. The number of phenolic OH excluding ortho intramolecular Hbond substituents is 1. The Labute approximate surface area is 84.1 Å². The van der Waals surface area contributed by atoms with Crippen LogP contribution in [-0.4, -0.2) is 31.3 Å². The highest BCUT2D eigenvalue weighted by Crippen LogP contribution is 2.12. The van der Waals surface area contributed by atoms with Gasteiger partial charge in [0.2, 0.25) is 0 Å². The fourth-order valence-corrected chi connectivity index (χ4v) is 1.10. The molecule has 0 fully saturated rings. The molecule has 0 spiro atoms. The molecule has 0 saturated heterocycles. The predicted molar refractivity (Wildman–Crippen MR) is 58.5 cm³/mol. The first-order valence-electron chi connectivity index (χ1n) is 4.76. The van der Waals surface area contributed by atoms with Crippen molar-refractivity contribution in [2.45, 2.75) is 0 Å². The van der Waals surface area contributed by atoms with Gasteiger partial charge in [0.15, 0.2) is 0 Å². The number of nitrogens with one attached hydrogen (secondary N) is 2. The second kappa shape index (κ2) is 6.23. The number of hydrogen-bond acceptors (Lipinski definition) is 4. The minimum Gasteiger partial charge on any atom is -0.508 e. The van der Waals surface area contributed by atoms with Gasteiger partial charge in [0.25, 0.3) is 0 Å². The zero-order valence-corrected chi connectivity index (χ0v) is 8.16. The van der Waals surface area contributed by atoms with Crippen LogP contribution in [0.15, 0.2) is 24.3 Å². The first kappa shape index (κ1) is 10.8. The van der Waals surface area contributed by atoms with Crippen LogP contribution in [-0.2, 0) is 0 Å². The predicted octanol–water partition coefficient (Wildman–Crippen LogP) is 0.352. The van der Waals surface area contributed by atoms with E-state index in [4.69, 9.17) is 10.8 Å². The molecular formula is C10H17N3O. The number of aromatic hydroxyl groups is 1. The second-order valence-corrected chi connectivity index (χ2v) is 3.01. The summed E-state index contributed by atoms with van der Waals surface area (Å²) in [5.74, 6) is 0.289. The molecule has 0 aliphatic heterocycles. The van der Waals surface area contributed by atoms with Gasteiger partial charge in [-0.05, 0) is 24.3 Å². The van der Waals surface area contributed by atoms with E-state index < -0.39 is 0 Å². The van der Waals surface area contributed by atoms with Gasteiger partial charge in [-0.25, -0.2) is 0 Å². The summed E-state index contributed by atoms with van der Waals surface area (Å²) in [6.45, 7) is 3.25. The molecule has 1 aromatic carbocycles. The van der Waals surface area contributed by atoms with E-state index in [2.05, 4.69) is 10.6 Å². The lowest BCUT2D eigenvalue weighted by Gasteiger charge is -2.06. The molecule has 14 heavy (non-hydrogen) atoms. The van der Waals surface area contributed by atoms with Crippen molar-refractivity contribution in [3.05, 3.63) is 24.3 Å². The van der Waals surface area contributed by atoms with Crippen LogP contribution in [0.4, 0.5) is 5.69 Å². The quantitative estimate of drug-likeness (QED) is 0.390. The smallest absolute Gasteiger partial charge is 0.115 e. The summed E-state index contributed by atoms with van der Waals surface area (Å²) in [7, 11) is 0. The third-order valence-electron chi connectivity index (χ3n) is 1.82. The molecule has 0 heterocycles. The molecule has 0 atom stereocenters. The van der Waals surface area contributed by atoms with Crippen LogP contribution in [0.5, 0.6) is 5.75 Å². The van der Waals surface area contributed by atoms with Crippen molar-refractivity contribution in [3.63, 3.8) is 0 Å². The van der Waals surface area contributed by atoms with Crippen molar-refractivity contribution in [1.29, 1.82) is 0 Å². The second-order valence-electron chi connectivity index (χ2n) is 3.01. The Morgan fingerprint density at radius 1 is 1.07 bits per heavy atom. The summed E-state index contributed by atoms with van der Waals surface area (Å²) in [5.41, 5.74) is 6.34. The SMILES string of the molecule is NCCNCCNc1ccc(O)cc1. The molecule has 5 N–H and O–H groups in total. The molecule has 4 heteroatoms. The largest absolute Gasteiger partial charge is 0.508 e. The number of phenols is 1. The lowest BCUT2D eigenvalue weighted by atomic mass is 10.3. The zero-order valence-electron chi connectivity index (χ0n) is 8.16. The summed E-state index contributed by atoms with van der Waals surface area (Å²) >= 11 is 0. The van der Waals surface area contributed by atoms with Crippen LogP contribution in [0, 0.1) is 0 Å². The third kappa shape index (κ3) is 4.11. The topological polar surface area (TPSA) is 70.3 Å². The number of nitrogens with two attached hydrogens (primary N) is 1. The van der Waals surface area contributed by atoms with Gasteiger partial charge in [0, 0.05) is 31.9 Å². The van der Waals surface area contributed by atoms with Crippen LogP contribution in [0.3, 0.4) is 0 Å². The molecule has 0 bridgehead atoms. The number of hydrogen-bond donors (Lipinski definition) is 4. The Balaban J connectivity index is 2.15. The Kier molecular flexibility index (Phi) is 4.82. The monoisotopic (exact) mass is 195 g/mol. The Morgan fingerprint density at radius 3 is 2.43 bits per heavy atom. The van der Waals surface area contributed by atoms with Crippen LogP contribution in [0.1, 0.15) is 0 Å². The summed E-state index contributed by atoms with van der Waals surface area (Å²) in [6, 6.07) is 7.02. The highest BCUT2D eigenvalue weighted by Gasteiger charge is 1.91. The van der Waals surface area contributed by atoms with Crippen molar-refractivity contribution in [2.75, 3.05) is 31.5 Å². The summed E-state index contributed by atoms with van der Waals surface area (Å²) < 4.78 is 0. The summed E-state index contributed by atoms with van der Waals surface area (Å²) in [5, 5.41) is 15.4. The lowest BCUT2D eigenvalue weighted by molar-refractivity contribution is 0.475. The fourth-order valence-electron chi connectivity index (χ4n) is 1.10. The molecule has 0 aliphatic carbocycles. The van der Waals surface area contributed by atoms with Gasteiger partial charge in [0.1, 0.15) is 5.75 Å². The van der Waals surface area contributed by atoms with Gasteiger partial charge < -0.3 is 21.5 Å². The molecule has 0 aromatic heterocycles. The van der Waals surface area contributed by atoms with Crippen LogP contribution >= 0.6 is 0 Å². The molecule has 0 radical (unpaired) electrons. The Hall–Kier alpha value is -1.26. The Morgan fingerprint density at radius 2 is 1.79 bits per heavy atom. The van der Waals surface area contributed by atoms with Crippen molar-refractivity contribution >= 4 is 5.69 Å². The van der Waals surface area contributed by atoms with Gasteiger partial charge in [-0.15, -0.1) is 0 Å². The third-order valence-corrected chi connectivity index (χ3v) is 1.82. The average Bonchev–Trinajstić information content (AvgIpc) is 2.21. The zero-order chi connectivity index (χ0) is 10.2. The van der Waals surface area contributed by atoms with Gasteiger partial charge in [-0.1, -0.05) is 0 Å². The van der Waals surface area contributed by atoms with E-state index in [-0.39, 0.29) is 5.75 Å². The Bertz CT molecular complexity index is 248. The molecule has 1 aromatic rings. The maximum Gasteiger partial charge on any atom is 0.115 e. The standard InChI is InChI=1S/C10H17N3O/c11-5-6-12-7-8-13-9-1-3-10(14)4-2-9/h1-4,12-14H,5-8,11H2. The van der Waals surface area contributed by atoms with E-state index in [0.717, 1.165) is 25.3 Å². The normalized spacial score (nSPS) is 10.1. The van der Waals surface area contributed by atoms with Gasteiger partial charge >= 0.3 is 0 Å². The molecule has 0 aliphatic rings. The van der Waals surface area contributed by atoms with Crippen molar-refractivity contribution < 1.29 is 5.11 Å². The van der Waals surface area contributed by atoms with Crippen molar-refractivity contribution in [1.82, 2.24) is 5.32 Å². The summed E-state index contributed by atoms with van der Waals surface area (Å²) in [6.07, 6.45) is 0. The molecular weight excluding hydrogens is 178 g/mol. The lowest BCUT2D eigenvalue weighted by Crippen LogP contribution is -2.27. The molecule has 0 saturated carbocycles. The molecule has 4 nitrogen and oxygen atoms in total. The van der Waals surface area contributed by atoms with Crippen LogP contribution < -0.4 is 16.4 Å². The highest BCUT2D eigenvalue weighted by molar-refractivity contribution is 5.45. The minimum absolute atomic E-state index is 0.289. The van der Waals surface area contributed by atoms with Crippen LogP contribution in [0.2, 0.25) is 0 Å². The molecule has 78 valence electrons.